The van der Waals surface area contributed by atoms with E-state index in [9.17, 15) is 14.9 Å². The Balaban J connectivity index is 3.00. The second-order valence-electron chi connectivity index (χ2n) is 3.30. The normalized spacial score (nSPS) is 9.65. The zero-order valence-corrected chi connectivity index (χ0v) is 9.05. The highest BCUT2D eigenvalue weighted by Gasteiger charge is 2.16. The Labute approximate surface area is 97.7 Å². The number of nitro groups is 1. The van der Waals surface area contributed by atoms with E-state index in [2.05, 4.69) is 11.9 Å². The van der Waals surface area contributed by atoms with Gasteiger partial charge in [-0.3, -0.25) is 10.1 Å². The van der Waals surface area contributed by atoms with Crippen molar-refractivity contribution in [2.45, 2.75) is 6.42 Å². The van der Waals surface area contributed by atoms with E-state index in [1.165, 1.54) is 12.1 Å². The molecule has 1 aromatic rings. The van der Waals surface area contributed by atoms with Gasteiger partial charge in [0.15, 0.2) is 0 Å². The molecule has 0 aliphatic rings. The van der Waals surface area contributed by atoms with Crippen LogP contribution in [-0.4, -0.2) is 22.5 Å². The fourth-order valence-corrected chi connectivity index (χ4v) is 1.27. The SMILES string of the molecule is C=CCCNc1ccc(C(=O)O)cc1[N+](=O)[O-]. The molecule has 0 aliphatic carbocycles. The van der Waals surface area contributed by atoms with Gasteiger partial charge in [-0.05, 0) is 18.6 Å². The van der Waals surface area contributed by atoms with Crippen LogP contribution in [-0.2, 0) is 0 Å². The van der Waals surface area contributed by atoms with Gasteiger partial charge in [0.2, 0.25) is 0 Å². The molecule has 0 radical (unpaired) electrons. The molecule has 1 rings (SSSR count). The first-order chi connectivity index (χ1) is 8.06. The smallest absolute Gasteiger partial charge is 0.335 e. The fourth-order valence-electron chi connectivity index (χ4n) is 1.27. The fraction of sp³-hybridized carbons (Fsp3) is 0.182. The molecule has 6 nitrogen and oxygen atoms in total. The highest BCUT2D eigenvalue weighted by molar-refractivity contribution is 5.89. The number of nitro benzene ring substituents is 1. The molecule has 0 unspecified atom stereocenters. The number of carboxylic acid groups (broad SMARTS) is 1. The molecule has 0 bridgehead atoms. The van der Waals surface area contributed by atoms with Gasteiger partial charge in [-0.15, -0.1) is 6.58 Å². The minimum atomic E-state index is -1.19. The first-order valence-corrected chi connectivity index (χ1v) is 4.92. The van der Waals surface area contributed by atoms with Gasteiger partial charge in [-0.1, -0.05) is 6.08 Å². The summed E-state index contributed by atoms with van der Waals surface area (Å²) in [6, 6.07) is 3.76. The Morgan fingerprint density at radius 3 is 2.82 bits per heavy atom. The van der Waals surface area contributed by atoms with Gasteiger partial charge in [-0.2, -0.15) is 0 Å². The number of hydrogen-bond donors (Lipinski definition) is 2. The molecular weight excluding hydrogens is 224 g/mol. The van der Waals surface area contributed by atoms with Gasteiger partial charge in [-0.25, -0.2) is 4.79 Å². The van der Waals surface area contributed by atoms with Crippen LogP contribution in [0.3, 0.4) is 0 Å². The van der Waals surface area contributed by atoms with Crippen LogP contribution in [0.25, 0.3) is 0 Å². The van der Waals surface area contributed by atoms with Gasteiger partial charge in [0.05, 0.1) is 10.5 Å². The van der Waals surface area contributed by atoms with E-state index in [0.29, 0.717) is 18.7 Å². The number of carboxylic acids is 1. The van der Waals surface area contributed by atoms with Gasteiger partial charge in [0.25, 0.3) is 5.69 Å². The van der Waals surface area contributed by atoms with E-state index in [0.717, 1.165) is 6.07 Å². The molecular formula is C11H12N2O4. The summed E-state index contributed by atoms with van der Waals surface area (Å²) in [5, 5.41) is 22.4. The van der Waals surface area contributed by atoms with Crippen molar-refractivity contribution in [1.82, 2.24) is 0 Å². The molecule has 1 aromatic carbocycles. The van der Waals surface area contributed by atoms with Crippen molar-refractivity contribution in [2.24, 2.45) is 0 Å². The Kier molecular flexibility index (Phi) is 4.21. The van der Waals surface area contributed by atoms with E-state index in [1.807, 2.05) is 0 Å². The van der Waals surface area contributed by atoms with E-state index < -0.39 is 10.9 Å². The number of nitrogens with zero attached hydrogens (tertiary/aromatic N) is 1. The average molecular weight is 236 g/mol. The summed E-state index contributed by atoms with van der Waals surface area (Å²) in [5.41, 5.74) is -0.0400. The standard InChI is InChI=1S/C11H12N2O4/c1-2-3-6-12-9-5-4-8(11(14)15)7-10(9)13(16)17/h2,4-5,7,12H,1,3,6H2,(H,14,15). The highest BCUT2D eigenvalue weighted by Crippen LogP contribution is 2.25. The molecule has 0 saturated carbocycles. The number of carbonyl (C=O) groups is 1. The van der Waals surface area contributed by atoms with Crippen molar-refractivity contribution in [3.05, 3.63) is 46.5 Å². The van der Waals surface area contributed by atoms with Crippen molar-refractivity contribution in [1.29, 1.82) is 0 Å². The molecule has 6 heteroatoms. The molecule has 0 saturated heterocycles. The first kappa shape index (κ1) is 12.7. The summed E-state index contributed by atoms with van der Waals surface area (Å²) in [6.07, 6.45) is 2.35. The minimum absolute atomic E-state index is 0.106. The molecule has 0 aromatic heterocycles. The van der Waals surface area contributed by atoms with Gasteiger partial charge in [0.1, 0.15) is 5.69 Å². The van der Waals surface area contributed by atoms with Gasteiger partial charge < -0.3 is 10.4 Å². The third-order valence-corrected chi connectivity index (χ3v) is 2.11. The van der Waals surface area contributed by atoms with Crippen LogP contribution in [0.5, 0.6) is 0 Å². The Bertz CT molecular complexity index is 457. The lowest BCUT2D eigenvalue weighted by Gasteiger charge is -2.06. The maximum atomic E-state index is 10.8. The lowest BCUT2D eigenvalue weighted by atomic mass is 10.1. The summed E-state index contributed by atoms with van der Waals surface area (Å²) in [6.45, 7) is 4.05. The van der Waals surface area contributed by atoms with Crippen LogP contribution in [0, 0.1) is 10.1 Å². The van der Waals surface area contributed by atoms with E-state index in [1.54, 1.807) is 6.08 Å². The maximum Gasteiger partial charge on any atom is 0.335 e. The van der Waals surface area contributed by atoms with E-state index in [4.69, 9.17) is 5.11 Å². The summed E-state index contributed by atoms with van der Waals surface area (Å²) >= 11 is 0. The van der Waals surface area contributed by atoms with Crippen LogP contribution in [0.15, 0.2) is 30.9 Å². The summed E-state index contributed by atoms with van der Waals surface area (Å²) in [7, 11) is 0. The summed E-state index contributed by atoms with van der Waals surface area (Å²) in [4.78, 5) is 20.9. The highest BCUT2D eigenvalue weighted by atomic mass is 16.6. The van der Waals surface area contributed by atoms with Crippen LogP contribution >= 0.6 is 0 Å². The van der Waals surface area contributed by atoms with Crippen molar-refractivity contribution in [3.8, 4) is 0 Å². The third kappa shape index (κ3) is 3.30. The third-order valence-electron chi connectivity index (χ3n) is 2.11. The van der Waals surface area contributed by atoms with E-state index >= 15 is 0 Å². The molecule has 0 amide bonds. The largest absolute Gasteiger partial charge is 0.478 e. The molecule has 2 N–H and O–H groups in total. The first-order valence-electron chi connectivity index (χ1n) is 4.92. The van der Waals surface area contributed by atoms with Crippen molar-refractivity contribution >= 4 is 17.3 Å². The predicted octanol–water partition coefficient (Wildman–Crippen LogP) is 2.28. The zero-order chi connectivity index (χ0) is 12.8. The number of hydrogen-bond acceptors (Lipinski definition) is 4. The van der Waals surface area contributed by atoms with Gasteiger partial charge >= 0.3 is 5.97 Å². The van der Waals surface area contributed by atoms with Crippen LogP contribution in [0.2, 0.25) is 0 Å². The van der Waals surface area contributed by atoms with Crippen LogP contribution in [0.4, 0.5) is 11.4 Å². The van der Waals surface area contributed by atoms with Crippen molar-refractivity contribution in [2.75, 3.05) is 11.9 Å². The second kappa shape index (κ2) is 5.64. The lowest BCUT2D eigenvalue weighted by molar-refractivity contribution is -0.384. The number of benzene rings is 1. The Hall–Kier alpha value is -2.37. The quantitative estimate of drug-likeness (QED) is 0.342. The molecule has 17 heavy (non-hydrogen) atoms. The number of anilines is 1. The van der Waals surface area contributed by atoms with Gasteiger partial charge in [0, 0.05) is 12.6 Å². The summed E-state index contributed by atoms with van der Waals surface area (Å²) in [5.74, 6) is -1.19. The van der Waals surface area contributed by atoms with Crippen LogP contribution < -0.4 is 5.32 Å². The molecule has 90 valence electrons. The number of rotatable bonds is 6. The molecule has 0 heterocycles. The zero-order valence-electron chi connectivity index (χ0n) is 9.05. The second-order valence-corrected chi connectivity index (χ2v) is 3.30. The summed E-state index contributed by atoms with van der Waals surface area (Å²) < 4.78 is 0. The van der Waals surface area contributed by atoms with Crippen molar-refractivity contribution < 1.29 is 14.8 Å². The van der Waals surface area contributed by atoms with Crippen molar-refractivity contribution in [3.63, 3.8) is 0 Å². The maximum absolute atomic E-state index is 10.8. The monoisotopic (exact) mass is 236 g/mol. The molecule has 0 fully saturated rings. The van der Waals surface area contributed by atoms with E-state index in [-0.39, 0.29) is 11.3 Å². The predicted molar refractivity (Wildman–Crippen MR) is 63.4 cm³/mol. The average Bonchev–Trinajstić information content (AvgIpc) is 2.29. The Morgan fingerprint density at radius 2 is 2.29 bits per heavy atom. The number of aromatic carboxylic acids is 1. The molecule has 0 atom stereocenters. The van der Waals surface area contributed by atoms with Crippen LogP contribution in [0.1, 0.15) is 16.8 Å². The minimum Gasteiger partial charge on any atom is -0.478 e. The number of nitrogens with one attached hydrogen (secondary N) is 1. The molecule has 0 aliphatic heterocycles. The lowest BCUT2D eigenvalue weighted by Crippen LogP contribution is -2.05. The molecule has 0 spiro atoms. The Morgan fingerprint density at radius 1 is 1.59 bits per heavy atom. The topological polar surface area (TPSA) is 92.5 Å².